The van der Waals surface area contributed by atoms with E-state index in [4.69, 9.17) is 0 Å². The number of nitrogens with one attached hydrogen (secondary N) is 6. The maximum absolute atomic E-state index is 16.0. The Morgan fingerprint density at radius 2 is 1.51 bits per heavy atom. The van der Waals surface area contributed by atoms with Crippen LogP contribution >= 0.6 is 11.3 Å². The fourth-order valence-electron chi connectivity index (χ4n) is 10.7. The number of amides is 6. The van der Waals surface area contributed by atoms with Crippen molar-refractivity contribution in [3.05, 3.63) is 123 Å². The summed E-state index contributed by atoms with van der Waals surface area (Å²) >= 11 is 1.47. The summed E-state index contributed by atoms with van der Waals surface area (Å²) in [6.45, 7) is 12.5. The molecule has 2 saturated heterocycles. The standard InChI is InChI=1S/C61H73F5N10O8S/c1-34-30-75(31-35(2)74(34)7)48-19-17-39(25-47(48)72-55(81)43-29-69-50(78)27-44(43)61(64,65)66)42-18-16-40(24-45(42)62)54(80)68-23-11-9-8-10-22-67-51(79)28-46(37-12-14-38(15-13-37)52-36(3)70-33-85-52)71-56(82)49-26-41(77)32-76(49)57(83)53(59(4,5)6)73-58(84)60(63)20-21-60/h12-19,24-25,27,29,33-35,41,46,49,53,77H,8-11,20-23,26,28,30-32H2,1-7H3,(H,67,79)(H,68,80)(H,69,78)(H,71,82)(H,72,81)(H,73,84)/t34-,35+,41-,46?,49+,53?/m1/s1. The van der Waals surface area contributed by atoms with Gasteiger partial charge in [0.15, 0.2) is 5.67 Å². The topological polar surface area (TPSA) is 238 Å². The van der Waals surface area contributed by atoms with E-state index in [0.717, 1.165) is 22.2 Å². The fraction of sp³-hybridized carbons (Fsp3) is 0.475. The van der Waals surface area contributed by atoms with Gasteiger partial charge in [0.25, 0.3) is 17.7 Å². The molecule has 0 spiro atoms. The van der Waals surface area contributed by atoms with E-state index in [9.17, 15) is 56.2 Å². The third-order valence-corrected chi connectivity index (χ3v) is 17.0. The Morgan fingerprint density at radius 3 is 2.12 bits per heavy atom. The second kappa shape index (κ2) is 26.4. The highest BCUT2D eigenvalue weighted by Crippen LogP contribution is 2.41. The van der Waals surface area contributed by atoms with Crippen LogP contribution in [0.1, 0.15) is 130 Å². The number of β-amino-alcohol motifs (C(OH)–C–C–N with tert-alkyl or cyclic N) is 1. The lowest BCUT2D eigenvalue weighted by Gasteiger charge is -2.44. The number of anilines is 2. The van der Waals surface area contributed by atoms with Gasteiger partial charge in [-0.1, -0.05) is 70.0 Å². The number of carbonyl (C=O) groups is 6. The van der Waals surface area contributed by atoms with E-state index in [1.165, 1.54) is 34.4 Å². The number of pyridine rings is 1. The number of likely N-dealkylation sites (N-methyl/N-ethyl adjacent to an activating group) is 1. The van der Waals surface area contributed by atoms with Gasteiger partial charge in [-0.3, -0.25) is 38.5 Å². The summed E-state index contributed by atoms with van der Waals surface area (Å²) in [7, 11) is 1.98. The zero-order valence-corrected chi connectivity index (χ0v) is 49.4. The van der Waals surface area contributed by atoms with Crippen LogP contribution in [0.5, 0.6) is 0 Å². The molecule has 0 bridgehead atoms. The summed E-state index contributed by atoms with van der Waals surface area (Å²) in [4.78, 5) is 106. The Morgan fingerprint density at radius 1 is 0.847 bits per heavy atom. The molecule has 3 aliphatic rings. The molecule has 8 rings (SSSR count). The molecule has 2 aliphatic heterocycles. The molecule has 85 heavy (non-hydrogen) atoms. The van der Waals surface area contributed by atoms with E-state index in [0.29, 0.717) is 68.8 Å². The van der Waals surface area contributed by atoms with Crippen molar-refractivity contribution in [3.8, 4) is 21.6 Å². The predicted octanol–water partition coefficient (Wildman–Crippen LogP) is 8.06. The predicted molar refractivity (Wildman–Crippen MR) is 313 cm³/mol. The number of rotatable bonds is 21. The molecule has 6 amide bonds. The zero-order chi connectivity index (χ0) is 61.7. The molecule has 7 N–H and O–H groups in total. The number of piperazine rings is 1. The van der Waals surface area contributed by atoms with Gasteiger partial charge >= 0.3 is 6.18 Å². The minimum atomic E-state index is -5.01. The molecular formula is C61H73F5N10O8S. The normalized spacial score (nSPS) is 19.4. The Labute approximate surface area is 493 Å². The van der Waals surface area contributed by atoms with Gasteiger partial charge < -0.3 is 46.5 Å². The van der Waals surface area contributed by atoms with E-state index in [1.54, 1.807) is 50.5 Å². The number of aliphatic hydroxyl groups excluding tert-OH is 1. The molecule has 6 atom stereocenters. The summed E-state index contributed by atoms with van der Waals surface area (Å²) in [5.74, 6) is -4.93. The molecule has 3 aromatic carbocycles. The second-order valence-electron chi connectivity index (χ2n) is 23.6. The zero-order valence-electron chi connectivity index (χ0n) is 48.6. The monoisotopic (exact) mass is 1200 g/mol. The highest BCUT2D eigenvalue weighted by Gasteiger charge is 2.53. The van der Waals surface area contributed by atoms with Crippen LogP contribution in [0.2, 0.25) is 0 Å². The molecule has 4 heterocycles. The van der Waals surface area contributed by atoms with Crippen molar-refractivity contribution in [1.29, 1.82) is 0 Å². The van der Waals surface area contributed by atoms with Crippen LogP contribution in [0.25, 0.3) is 21.6 Å². The van der Waals surface area contributed by atoms with Crippen LogP contribution in [-0.2, 0) is 25.4 Å². The number of likely N-dealkylation sites (tertiary alicyclic amines) is 1. The van der Waals surface area contributed by atoms with Gasteiger partial charge in [0, 0.05) is 74.6 Å². The van der Waals surface area contributed by atoms with Crippen LogP contribution in [0.3, 0.4) is 0 Å². The molecule has 2 aromatic heterocycles. The molecule has 2 unspecified atom stereocenters. The minimum absolute atomic E-state index is 0.0415. The molecular weight excluding hydrogens is 1130 g/mol. The summed E-state index contributed by atoms with van der Waals surface area (Å²) in [5.41, 5.74) is -1.10. The third-order valence-electron chi connectivity index (χ3n) is 16.0. The SMILES string of the molecule is Cc1ncsc1-c1ccc(C(CC(=O)NCCCCCCNC(=O)c2ccc(-c3ccc(N4C[C@@H](C)N(C)[C@@H](C)C4)c(NC(=O)c4c[nH]c(=O)cc4C(F)(F)F)c3)c(F)c2)NC(=O)[C@@H]2C[C@@H](O)CN2C(=O)C(NC(=O)C2(F)CC2)C(C)(C)C)cc1. The maximum Gasteiger partial charge on any atom is 0.417 e. The smallest absolute Gasteiger partial charge is 0.391 e. The molecule has 1 saturated carbocycles. The Balaban J connectivity index is 0.848. The lowest BCUT2D eigenvalue weighted by atomic mass is 9.85. The number of aliphatic hydroxyl groups is 1. The maximum atomic E-state index is 16.0. The van der Waals surface area contributed by atoms with Crippen molar-refractivity contribution in [1.82, 2.24) is 41.0 Å². The highest BCUT2D eigenvalue weighted by molar-refractivity contribution is 7.13. The fourth-order valence-corrected chi connectivity index (χ4v) is 11.5. The van der Waals surface area contributed by atoms with E-state index in [-0.39, 0.29) is 79.1 Å². The first kappa shape index (κ1) is 63.5. The number of halogens is 5. The number of aromatic amines is 1. The van der Waals surface area contributed by atoms with Gasteiger partial charge in [-0.05, 0) is 99.9 Å². The van der Waals surface area contributed by atoms with Gasteiger partial charge in [-0.15, -0.1) is 11.3 Å². The number of thiazole rings is 1. The van der Waals surface area contributed by atoms with Crippen LogP contribution in [0, 0.1) is 18.2 Å². The number of nitrogens with zero attached hydrogens (tertiary/aromatic N) is 4. The number of unbranched alkanes of at least 4 members (excludes halogenated alkanes) is 3. The van der Waals surface area contributed by atoms with Crippen LogP contribution in [-0.4, -0.2) is 136 Å². The summed E-state index contributed by atoms with van der Waals surface area (Å²) < 4.78 is 72.8. The minimum Gasteiger partial charge on any atom is -0.391 e. The number of aryl methyl sites for hydroxylation is 1. The Kier molecular flexibility index (Phi) is 19.7. The summed E-state index contributed by atoms with van der Waals surface area (Å²) in [6.07, 6.45) is -3.03. The largest absolute Gasteiger partial charge is 0.417 e. The van der Waals surface area contributed by atoms with E-state index >= 15 is 4.39 Å². The van der Waals surface area contributed by atoms with Gasteiger partial charge in [0.1, 0.15) is 17.9 Å². The van der Waals surface area contributed by atoms with Crippen molar-refractivity contribution in [2.45, 2.75) is 141 Å². The van der Waals surface area contributed by atoms with Gasteiger partial charge in [0.05, 0.1) is 57.1 Å². The van der Waals surface area contributed by atoms with Gasteiger partial charge in [0.2, 0.25) is 23.3 Å². The number of carbonyl (C=O) groups excluding carboxylic acids is 6. The lowest BCUT2D eigenvalue weighted by Crippen LogP contribution is -2.59. The van der Waals surface area contributed by atoms with Crippen LogP contribution in [0.15, 0.2) is 83.2 Å². The molecule has 3 fully saturated rings. The van der Waals surface area contributed by atoms with Crippen molar-refractivity contribution < 1.29 is 55.8 Å². The molecule has 1 aliphatic carbocycles. The molecule has 18 nitrogen and oxygen atoms in total. The van der Waals surface area contributed by atoms with Gasteiger partial charge in [-0.2, -0.15) is 13.2 Å². The van der Waals surface area contributed by atoms with Crippen molar-refractivity contribution >= 4 is 58.2 Å². The molecule has 0 radical (unpaired) electrons. The molecule has 24 heteroatoms. The van der Waals surface area contributed by atoms with Crippen molar-refractivity contribution in [2.24, 2.45) is 5.41 Å². The first-order valence-corrected chi connectivity index (χ1v) is 29.4. The van der Waals surface area contributed by atoms with E-state index < -0.39 is 93.5 Å². The Hall–Kier alpha value is -7.57. The highest BCUT2D eigenvalue weighted by atomic mass is 32.1. The number of hydrogen-bond donors (Lipinski definition) is 7. The number of alkyl halides is 4. The second-order valence-corrected chi connectivity index (χ2v) is 24.4. The number of hydrogen-bond acceptors (Lipinski definition) is 12. The van der Waals surface area contributed by atoms with Crippen molar-refractivity contribution in [3.63, 3.8) is 0 Å². The molecule has 5 aromatic rings. The Bertz CT molecular complexity index is 3330. The number of aromatic nitrogens is 2. The van der Waals surface area contributed by atoms with E-state index in [1.807, 2.05) is 44.9 Å². The van der Waals surface area contributed by atoms with E-state index in [2.05, 4.69) is 41.5 Å². The lowest BCUT2D eigenvalue weighted by molar-refractivity contribution is -0.145. The van der Waals surface area contributed by atoms with Gasteiger partial charge in [-0.25, -0.2) is 13.8 Å². The number of H-pyrrole nitrogens is 1. The first-order chi connectivity index (χ1) is 40.1. The average Bonchev–Trinajstić information content (AvgIpc) is 2.21. The average molecular weight is 1200 g/mol. The third kappa shape index (κ3) is 15.5. The number of benzene rings is 3. The molecule has 456 valence electrons. The van der Waals surface area contributed by atoms with Crippen LogP contribution < -0.4 is 37.0 Å². The summed E-state index contributed by atoms with van der Waals surface area (Å²) in [6, 6.07) is 13.3. The first-order valence-electron chi connectivity index (χ1n) is 28.5. The quantitative estimate of drug-likeness (QED) is 0.0274. The van der Waals surface area contributed by atoms with Crippen molar-refractivity contribution in [2.75, 3.05) is 50.0 Å². The van der Waals surface area contributed by atoms with Crippen LogP contribution in [0.4, 0.5) is 33.3 Å². The summed E-state index contributed by atoms with van der Waals surface area (Å²) in [5, 5.41) is 24.6.